The van der Waals surface area contributed by atoms with Crippen LogP contribution in [0.5, 0.6) is 0 Å². The lowest BCUT2D eigenvalue weighted by molar-refractivity contribution is -0.0500. The van der Waals surface area contributed by atoms with Gasteiger partial charge >= 0.3 is 12.2 Å². The molecule has 0 aliphatic heterocycles. The molecule has 2 amide bonds. The molecule has 1 aromatic carbocycles. The predicted molar refractivity (Wildman–Crippen MR) is 172 cm³/mol. The molecule has 3 N–H and O–H groups in total. The average Bonchev–Trinajstić information content (AvgIpc) is 3.96. The first-order chi connectivity index (χ1) is 22.4. The van der Waals surface area contributed by atoms with Gasteiger partial charge in [0.15, 0.2) is 5.65 Å². The van der Waals surface area contributed by atoms with E-state index in [2.05, 4.69) is 21.0 Å². The van der Waals surface area contributed by atoms with Crippen LogP contribution in [0.2, 0.25) is 0 Å². The van der Waals surface area contributed by atoms with Gasteiger partial charge in [0.2, 0.25) is 5.92 Å². The van der Waals surface area contributed by atoms with Gasteiger partial charge in [-0.15, -0.1) is 0 Å². The molecule has 254 valence electrons. The molecule has 3 aliphatic rings. The number of amides is 2. The van der Waals surface area contributed by atoms with Crippen molar-refractivity contribution in [2.24, 2.45) is 17.8 Å². The standard InChI is InChI=1S/C35H46F2N6O4/c1-34(2,3)47-33(45)42-31(25-13-15-35(36,37)16-14-25)28-20-43-29(40-28)17-26(18-39-43)30(24-11-12-24)38-19-27(23-9-10-23)41-32(44)46-21-22-7-5-4-6-8-22/h4-8,17-18,20,23-25,27,30-31,38H,9-16,19,21H2,1-3H3,(H,41,44)(H,42,45)/t27-,30+,31-/m0/s1. The first-order valence-corrected chi connectivity index (χ1v) is 16.9. The molecule has 0 spiro atoms. The lowest BCUT2D eigenvalue weighted by Crippen LogP contribution is -2.44. The Hall–Kier alpha value is -3.80. The summed E-state index contributed by atoms with van der Waals surface area (Å²) in [4.78, 5) is 30.3. The minimum Gasteiger partial charge on any atom is -0.445 e. The van der Waals surface area contributed by atoms with E-state index in [9.17, 15) is 18.4 Å². The molecule has 0 bridgehead atoms. The monoisotopic (exact) mass is 652 g/mol. The van der Waals surface area contributed by atoms with Crippen LogP contribution >= 0.6 is 0 Å². The maximum absolute atomic E-state index is 14.0. The molecule has 2 aromatic heterocycles. The maximum Gasteiger partial charge on any atom is 0.408 e. The van der Waals surface area contributed by atoms with Crippen molar-refractivity contribution in [3.05, 3.63) is 65.6 Å². The van der Waals surface area contributed by atoms with Crippen molar-refractivity contribution in [1.29, 1.82) is 0 Å². The third-order valence-electron chi connectivity index (χ3n) is 9.30. The fourth-order valence-corrected chi connectivity index (χ4v) is 6.48. The van der Waals surface area contributed by atoms with Crippen molar-refractivity contribution in [3.8, 4) is 0 Å². The van der Waals surface area contributed by atoms with E-state index in [0.717, 1.165) is 36.8 Å². The van der Waals surface area contributed by atoms with E-state index in [1.165, 1.54) is 0 Å². The summed E-state index contributed by atoms with van der Waals surface area (Å²) in [6, 6.07) is 11.0. The molecule has 3 aliphatic carbocycles. The Bertz CT molecular complexity index is 1530. The van der Waals surface area contributed by atoms with Gasteiger partial charge in [0.25, 0.3) is 0 Å². The summed E-state index contributed by atoms with van der Waals surface area (Å²) in [5.41, 5.74) is 2.41. The number of benzene rings is 1. The third kappa shape index (κ3) is 9.18. The van der Waals surface area contributed by atoms with E-state index in [1.54, 1.807) is 31.5 Å². The second-order valence-electron chi connectivity index (χ2n) is 14.4. The van der Waals surface area contributed by atoms with Crippen LogP contribution in [-0.2, 0) is 16.1 Å². The van der Waals surface area contributed by atoms with Crippen molar-refractivity contribution in [2.45, 2.75) is 108 Å². The quantitative estimate of drug-likeness (QED) is 0.196. The molecule has 6 rings (SSSR count). The van der Waals surface area contributed by atoms with Gasteiger partial charge in [-0.2, -0.15) is 5.10 Å². The van der Waals surface area contributed by atoms with Crippen LogP contribution in [0, 0.1) is 17.8 Å². The van der Waals surface area contributed by atoms with Crippen molar-refractivity contribution in [3.63, 3.8) is 0 Å². The second-order valence-corrected chi connectivity index (χ2v) is 14.4. The molecule has 0 unspecified atom stereocenters. The Balaban J connectivity index is 1.14. The third-order valence-corrected chi connectivity index (χ3v) is 9.30. The van der Waals surface area contributed by atoms with Crippen molar-refractivity contribution in [2.75, 3.05) is 6.54 Å². The van der Waals surface area contributed by atoms with Gasteiger partial charge in [0, 0.05) is 31.5 Å². The van der Waals surface area contributed by atoms with E-state index in [1.807, 2.05) is 42.6 Å². The summed E-state index contributed by atoms with van der Waals surface area (Å²) < 4.78 is 40.7. The number of rotatable bonds is 12. The summed E-state index contributed by atoms with van der Waals surface area (Å²) in [6.45, 7) is 6.17. The topological polar surface area (TPSA) is 119 Å². The fourth-order valence-electron chi connectivity index (χ4n) is 6.48. The van der Waals surface area contributed by atoms with Crippen molar-refractivity contribution in [1.82, 2.24) is 30.5 Å². The molecule has 0 radical (unpaired) electrons. The number of nitrogens with one attached hydrogen (secondary N) is 3. The van der Waals surface area contributed by atoms with Crippen LogP contribution in [0.1, 0.15) is 101 Å². The van der Waals surface area contributed by atoms with E-state index in [-0.39, 0.29) is 50.3 Å². The van der Waals surface area contributed by atoms with Crippen LogP contribution in [0.4, 0.5) is 18.4 Å². The first-order valence-electron chi connectivity index (χ1n) is 16.9. The number of nitrogens with zero attached hydrogens (tertiary/aromatic N) is 3. The molecule has 3 fully saturated rings. The maximum atomic E-state index is 14.0. The highest BCUT2D eigenvalue weighted by atomic mass is 19.3. The average molecular weight is 653 g/mol. The lowest BCUT2D eigenvalue weighted by Gasteiger charge is -2.33. The highest BCUT2D eigenvalue weighted by molar-refractivity contribution is 5.68. The van der Waals surface area contributed by atoms with Gasteiger partial charge in [-0.25, -0.2) is 27.9 Å². The van der Waals surface area contributed by atoms with Crippen LogP contribution in [0.15, 0.2) is 48.8 Å². The van der Waals surface area contributed by atoms with Crippen molar-refractivity contribution >= 4 is 17.8 Å². The molecule has 3 saturated carbocycles. The van der Waals surface area contributed by atoms with E-state index in [0.29, 0.717) is 29.7 Å². The lowest BCUT2D eigenvalue weighted by atomic mass is 9.81. The van der Waals surface area contributed by atoms with Gasteiger partial charge in [0.05, 0.1) is 24.1 Å². The summed E-state index contributed by atoms with van der Waals surface area (Å²) in [7, 11) is 0. The Kier molecular flexibility index (Phi) is 9.68. The van der Waals surface area contributed by atoms with Gasteiger partial charge < -0.3 is 25.4 Å². The smallest absolute Gasteiger partial charge is 0.408 e. The van der Waals surface area contributed by atoms with Gasteiger partial charge in [0.1, 0.15) is 12.2 Å². The van der Waals surface area contributed by atoms with Crippen LogP contribution < -0.4 is 16.0 Å². The zero-order valence-electron chi connectivity index (χ0n) is 27.4. The van der Waals surface area contributed by atoms with E-state index < -0.39 is 29.8 Å². The Labute approximate surface area is 274 Å². The number of alkyl carbamates (subject to hydrolysis) is 2. The van der Waals surface area contributed by atoms with Gasteiger partial charge in [-0.1, -0.05) is 30.3 Å². The summed E-state index contributed by atoms with van der Waals surface area (Å²) in [5.74, 6) is -2.04. The normalized spacial score (nSPS) is 20.3. The van der Waals surface area contributed by atoms with Crippen LogP contribution in [0.3, 0.4) is 0 Å². The largest absolute Gasteiger partial charge is 0.445 e. The Morgan fingerprint density at radius 2 is 1.64 bits per heavy atom. The summed E-state index contributed by atoms with van der Waals surface area (Å²) >= 11 is 0. The van der Waals surface area contributed by atoms with Crippen molar-refractivity contribution < 1.29 is 27.8 Å². The van der Waals surface area contributed by atoms with Crippen LogP contribution in [0.25, 0.3) is 5.65 Å². The number of carbonyl (C=O) groups excluding carboxylic acids is 2. The van der Waals surface area contributed by atoms with E-state index in [4.69, 9.17) is 14.5 Å². The number of aromatic nitrogens is 3. The number of hydrogen-bond donors (Lipinski definition) is 3. The van der Waals surface area contributed by atoms with E-state index >= 15 is 0 Å². The highest BCUT2D eigenvalue weighted by Gasteiger charge is 2.40. The number of halogens is 2. The molecule has 0 saturated heterocycles. The molecule has 47 heavy (non-hydrogen) atoms. The summed E-state index contributed by atoms with van der Waals surface area (Å²) in [6.07, 6.45) is 6.99. The number of imidazole rings is 1. The molecule has 12 heteroatoms. The van der Waals surface area contributed by atoms with Crippen LogP contribution in [-0.4, -0.2) is 50.9 Å². The molecule has 3 atom stereocenters. The Morgan fingerprint density at radius 3 is 2.30 bits per heavy atom. The number of fused-ring (bicyclic) bond motifs is 1. The molecule has 10 nitrogen and oxygen atoms in total. The molecular formula is C35H46F2N6O4. The number of alkyl halides is 2. The predicted octanol–water partition coefficient (Wildman–Crippen LogP) is 6.87. The first kappa shape index (κ1) is 33.1. The Morgan fingerprint density at radius 1 is 0.957 bits per heavy atom. The zero-order chi connectivity index (χ0) is 33.2. The minimum absolute atomic E-state index is 0.0345. The molecule has 2 heterocycles. The molecule has 3 aromatic rings. The fraction of sp³-hybridized carbons (Fsp3) is 0.600. The van der Waals surface area contributed by atoms with Gasteiger partial charge in [-0.05, 0) is 94.2 Å². The second kappa shape index (κ2) is 13.7. The number of ether oxygens (including phenoxy) is 2. The minimum atomic E-state index is -2.69. The van der Waals surface area contributed by atoms with Gasteiger partial charge in [-0.3, -0.25) is 0 Å². The SMILES string of the molecule is CC(C)(C)OC(=O)N[C@H](c1cn2ncc([C@H](NC[C@H](NC(=O)OCc3ccccc3)C3CC3)C3CC3)cc2n1)C1CCC(F)(F)CC1. The molecular weight excluding hydrogens is 606 g/mol. The number of carbonyl (C=O) groups is 2. The highest BCUT2D eigenvalue weighted by Crippen LogP contribution is 2.43. The number of hydrogen-bond acceptors (Lipinski definition) is 7. The summed E-state index contributed by atoms with van der Waals surface area (Å²) in [5, 5.41) is 14.4. The zero-order valence-corrected chi connectivity index (χ0v) is 27.4.